The van der Waals surface area contributed by atoms with Gasteiger partial charge in [-0.3, -0.25) is 0 Å². The second kappa shape index (κ2) is 4.64. The Bertz CT molecular complexity index is 253. The van der Waals surface area contributed by atoms with Crippen LogP contribution in [0.25, 0.3) is 0 Å². The van der Waals surface area contributed by atoms with Crippen LogP contribution in [0.4, 0.5) is 0 Å². The van der Waals surface area contributed by atoms with Gasteiger partial charge < -0.3 is 5.11 Å². The van der Waals surface area contributed by atoms with Crippen molar-refractivity contribution in [3.8, 4) is 0 Å². The van der Waals surface area contributed by atoms with Gasteiger partial charge in [-0.05, 0) is 31.0 Å². The van der Waals surface area contributed by atoms with Crippen LogP contribution in [0.15, 0.2) is 24.3 Å². The Kier molecular flexibility index (Phi) is 3.76. The molecule has 0 aliphatic carbocycles. The molecule has 0 saturated carbocycles. The van der Waals surface area contributed by atoms with Gasteiger partial charge in [0.25, 0.3) is 0 Å². The molecule has 2 heteroatoms. The van der Waals surface area contributed by atoms with Gasteiger partial charge in [0.2, 0.25) is 0 Å². The summed E-state index contributed by atoms with van der Waals surface area (Å²) >= 11 is 5.78. The fourth-order valence-electron chi connectivity index (χ4n) is 1.57. The van der Waals surface area contributed by atoms with Crippen LogP contribution in [0, 0.1) is 0 Å². The Morgan fingerprint density at radius 2 is 1.85 bits per heavy atom. The molecule has 0 heterocycles. The predicted octanol–water partition coefficient (Wildman–Crippen LogP) is 3.21. The predicted molar refractivity (Wildman–Crippen MR) is 56.2 cm³/mol. The van der Waals surface area contributed by atoms with E-state index in [2.05, 4.69) is 6.92 Å². The second-order valence-electron chi connectivity index (χ2n) is 3.31. The average molecular weight is 199 g/mol. The Balaban J connectivity index is 2.86. The van der Waals surface area contributed by atoms with E-state index >= 15 is 0 Å². The molecule has 1 nitrogen and oxygen atoms in total. The standard InChI is InChI=1S/C11H15ClO/c1-3-11(8(2)13)9-4-6-10(12)7-5-9/h4-8,11,13H,3H2,1-2H3. The van der Waals surface area contributed by atoms with Crippen LogP contribution in [-0.2, 0) is 0 Å². The summed E-state index contributed by atoms with van der Waals surface area (Å²) in [6.07, 6.45) is 0.644. The number of hydrogen-bond donors (Lipinski definition) is 1. The zero-order valence-electron chi connectivity index (χ0n) is 8.00. The number of aliphatic hydroxyl groups excluding tert-OH is 1. The fourth-order valence-corrected chi connectivity index (χ4v) is 1.69. The summed E-state index contributed by atoms with van der Waals surface area (Å²) in [5.74, 6) is 0.220. The molecule has 1 aromatic rings. The molecule has 0 saturated heterocycles. The van der Waals surface area contributed by atoms with Crippen molar-refractivity contribution in [3.63, 3.8) is 0 Å². The lowest BCUT2D eigenvalue weighted by molar-refractivity contribution is 0.160. The summed E-state index contributed by atoms with van der Waals surface area (Å²) in [7, 11) is 0. The Labute approximate surface area is 84.4 Å². The maximum Gasteiger partial charge on any atom is 0.0580 e. The molecule has 0 amide bonds. The lowest BCUT2D eigenvalue weighted by atomic mass is 9.92. The Morgan fingerprint density at radius 3 is 2.23 bits per heavy atom. The molecule has 2 atom stereocenters. The van der Waals surface area contributed by atoms with Crippen molar-refractivity contribution in [2.45, 2.75) is 32.3 Å². The molecule has 0 spiro atoms. The smallest absolute Gasteiger partial charge is 0.0580 e. The molecule has 0 radical (unpaired) electrons. The van der Waals surface area contributed by atoms with E-state index in [4.69, 9.17) is 11.6 Å². The van der Waals surface area contributed by atoms with Crippen molar-refractivity contribution in [2.75, 3.05) is 0 Å². The minimum absolute atomic E-state index is 0.220. The normalized spacial score (nSPS) is 15.4. The monoisotopic (exact) mass is 198 g/mol. The van der Waals surface area contributed by atoms with Crippen LogP contribution >= 0.6 is 11.6 Å². The van der Waals surface area contributed by atoms with E-state index in [0.29, 0.717) is 0 Å². The van der Waals surface area contributed by atoms with Gasteiger partial charge in [0.05, 0.1) is 6.10 Å². The zero-order valence-corrected chi connectivity index (χ0v) is 8.75. The van der Waals surface area contributed by atoms with Crippen LogP contribution in [-0.4, -0.2) is 11.2 Å². The largest absolute Gasteiger partial charge is 0.393 e. The number of rotatable bonds is 3. The fraction of sp³-hybridized carbons (Fsp3) is 0.455. The van der Waals surface area contributed by atoms with Crippen molar-refractivity contribution in [1.29, 1.82) is 0 Å². The second-order valence-corrected chi connectivity index (χ2v) is 3.74. The van der Waals surface area contributed by atoms with Gasteiger partial charge in [0, 0.05) is 10.9 Å². The van der Waals surface area contributed by atoms with Crippen LogP contribution in [0.3, 0.4) is 0 Å². The van der Waals surface area contributed by atoms with Gasteiger partial charge in [0.1, 0.15) is 0 Å². The Morgan fingerprint density at radius 1 is 1.31 bits per heavy atom. The van der Waals surface area contributed by atoms with Crippen LogP contribution in [0.2, 0.25) is 5.02 Å². The number of hydrogen-bond acceptors (Lipinski definition) is 1. The van der Waals surface area contributed by atoms with Crippen molar-refractivity contribution in [3.05, 3.63) is 34.9 Å². The molecule has 0 fully saturated rings. The van der Waals surface area contributed by atoms with E-state index in [1.54, 1.807) is 0 Å². The lowest BCUT2D eigenvalue weighted by Gasteiger charge is -2.18. The summed E-state index contributed by atoms with van der Waals surface area (Å²) in [6.45, 7) is 3.90. The lowest BCUT2D eigenvalue weighted by Crippen LogP contribution is -2.13. The quantitative estimate of drug-likeness (QED) is 0.791. The van der Waals surface area contributed by atoms with E-state index in [0.717, 1.165) is 17.0 Å². The number of halogens is 1. The molecule has 72 valence electrons. The zero-order chi connectivity index (χ0) is 9.84. The van der Waals surface area contributed by atoms with Gasteiger partial charge in [-0.15, -0.1) is 0 Å². The first kappa shape index (κ1) is 10.6. The summed E-state index contributed by atoms with van der Waals surface area (Å²) in [4.78, 5) is 0. The SMILES string of the molecule is CCC(c1ccc(Cl)cc1)C(C)O. The summed E-state index contributed by atoms with van der Waals surface area (Å²) in [5.41, 5.74) is 1.15. The van der Waals surface area contributed by atoms with E-state index in [1.165, 1.54) is 0 Å². The first-order valence-corrected chi connectivity index (χ1v) is 4.96. The highest BCUT2D eigenvalue weighted by atomic mass is 35.5. The summed E-state index contributed by atoms with van der Waals surface area (Å²) in [6, 6.07) is 7.68. The molecule has 0 bridgehead atoms. The van der Waals surface area contributed by atoms with Crippen molar-refractivity contribution in [1.82, 2.24) is 0 Å². The van der Waals surface area contributed by atoms with Crippen LogP contribution in [0.1, 0.15) is 31.7 Å². The molecule has 1 rings (SSSR count). The molecule has 0 aliphatic heterocycles. The molecule has 13 heavy (non-hydrogen) atoms. The molecular formula is C11H15ClO. The van der Waals surface area contributed by atoms with E-state index in [9.17, 15) is 5.11 Å². The van der Waals surface area contributed by atoms with Gasteiger partial charge >= 0.3 is 0 Å². The van der Waals surface area contributed by atoms with E-state index < -0.39 is 0 Å². The van der Waals surface area contributed by atoms with Gasteiger partial charge in [-0.1, -0.05) is 30.7 Å². The van der Waals surface area contributed by atoms with Gasteiger partial charge in [-0.2, -0.15) is 0 Å². The highest BCUT2D eigenvalue weighted by molar-refractivity contribution is 6.30. The van der Waals surface area contributed by atoms with Crippen molar-refractivity contribution >= 4 is 11.6 Å². The molecule has 0 aliphatic rings. The van der Waals surface area contributed by atoms with Gasteiger partial charge in [0.15, 0.2) is 0 Å². The molecule has 2 unspecified atom stereocenters. The van der Waals surface area contributed by atoms with E-state index in [1.807, 2.05) is 31.2 Å². The van der Waals surface area contributed by atoms with E-state index in [-0.39, 0.29) is 12.0 Å². The first-order chi connectivity index (χ1) is 6.15. The first-order valence-electron chi connectivity index (χ1n) is 4.58. The highest BCUT2D eigenvalue weighted by Crippen LogP contribution is 2.24. The third kappa shape index (κ3) is 2.71. The van der Waals surface area contributed by atoms with Crippen LogP contribution in [0.5, 0.6) is 0 Å². The van der Waals surface area contributed by atoms with Gasteiger partial charge in [-0.25, -0.2) is 0 Å². The minimum Gasteiger partial charge on any atom is -0.393 e. The molecule has 1 N–H and O–H groups in total. The Hall–Kier alpha value is -0.530. The third-order valence-electron chi connectivity index (χ3n) is 2.32. The summed E-state index contributed by atoms with van der Waals surface area (Å²) in [5, 5.41) is 10.2. The number of benzene rings is 1. The topological polar surface area (TPSA) is 20.2 Å². The third-order valence-corrected chi connectivity index (χ3v) is 2.57. The maximum atomic E-state index is 9.50. The molecule has 1 aromatic carbocycles. The number of aliphatic hydroxyl groups is 1. The average Bonchev–Trinajstić information content (AvgIpc) is 2.09. The minimum atomic E-state index is -0.300. The molecule has 0 aromatic heterocycles. The van der Waals surface area contributed by atoms with Crippen LogP contribution < -0.4 is 0 Å². The highest BCUT2D eigenvalue weighted by Gasteiger charge is 2.14. The molecular weight excluding hydrogens is 184 g/mol. The maximum absolute atomic E-state index is 9.50. The van der Waals surface area contributed by atoms with Crippen molar-refractivity contribution in [2.24, 2.45) is 0 Å². The summed E-state index contributed by atoms with van der Waals surface area (Å²) < 4.78 is 0. The van der Waals surface area contributed by atoms with Crippen molar-refractivity contribution < 1.29 is 5.11 Å².